The fourth-order valence-electron chi connectivity index (χ4n) is 4.11. The third-order valence-corrected chi connectivity index (χ3v) is 8.08. The van der Waals surface area contributed by atoms with Gasteiger partial charge in [0.05, 0.1) is 10.9 Å². The van der Waals surface area contributed by atoms with E-state index in [1.165, 1.54) is 16.2 Å². The largest absolute Gasteiger partial charge is 0.385 e. The van der Waals surface area contributed by atoms with Crippen LogP contribution in [0.5, 0.6) is 0 Å². The summed E-state index contributed by atoms with van der Waals surface area (Å²) >= 11 is 15.8. The molecule has 0 saturated carbocycles. The molecular formula is C24H24Cl2N2O3S2. The average Bonchev–Trinajstić information content (AvgIpc) is 3.50. The molecule has 1 aliphatic heterocycles. The number of benzene rings is 1. The number of halogens is 2. The SMILES string of the molecule is COCCCN(CC(=O)N1CCc2sccc2C1c1ccc(Cl)cc1Cl)C(=O)c1cccs1. The number of nitrogens with zero attached hydrogens (tertiary/aromatic N) is 2. The summed E-state index contributed by atoms with van der Waals surface area (Å²) in [6.45, 7) is 1.53. The van der Waals surface area contributed by atoms with Crippen molar-refractivity contribution in [2.45, 2.75) is 18.9 Å². The van der Waals surface area contributed by atoms with Gasteiger partial charge in [0.1, 0.15) is 6.54 Å². The van der Waals surface area contributed by atoms with Crippen LogP contribution in [0.15, 0.2) is 47.2 Å². The lowest BCUT2D eigenvalue weighted by atomic mass is 9.93. The predicted molar refractivity (Wildman–Crippen MR) is 135 cm³/mol. The Morgan fingerprint density at radius 3 is 2.73 bits per heavy atom. The third kappa shape index (κ3) is 5.44. The van der Waals surface area contributed by atoms with Crippen molar-refractivity contribution in [2.75, 3.05) is 33.4 Å². The molecule has 0 saturated heterocycles. The van der Waals surface area contributed by atoms with Crippen LogP contribution in [0.1, 0.15) is 38.1 Å². The first-order valence-corrected chi connectivity index (χ1v) is 13.1. The average molecular weight is 524 g/mol. The molecule has 1 unspecified atom stereocenters. The molecular weight excluding hydrogens is 499 g/mol. The van der Waals surface area contributed by atoms with Crippen molar-refractivity contribution >= 4 is 57.7 Å². The van der Waals surface area contributed by atoms with E-state index in [4.69, 9.17) is 27.9 Å². The molecule has 33 heavy (non-hydrogen) atoms. The number of thiophene rings is 2. The summed E-state index contributed by atoms with van der Waals surface area (Å²) < 4.78 is 5.16. The number of methoxy groups -OCH3 is 1. The van der Waals surface area contributed by atoms with E-state index in [1.54, 1.807) is 41.5 Å². The van der Waals surface area contributed by atoms with Gasteiger partial charge >= 0.3 is 0 Å². The van der Waals surface area contributed by atoms with Gasteiger partial charge in [0.2, 0.25) is 5.91 Å². The second kappa shape index (κ2) is 11.0. The van der Waals surface area contributed by atoms with E-state index >= 15 is 0 Å². The van der Waals surface area contributed by atoms with Crippen molar-refractivity contribution in [1.29, 1.82) is 0 Å². The molecule has 4 rings (SSSR count). The summed E-state index contributed by atoms with van der Waals surface area (Å²) in [6.07, 6.45) is 1.44. The first kappa shape index (κ1) is 24.2. The number of hydrogen-bond acceptors (Lipinski definition) is 5. The Bertz CT molecular complexity index is 1120. The van der Waals surface area contributed by atoms with Gasteiger partial charge in [-0.15, -0.1) is 22.7 Å². The number of carbonyl (C=O) groups is 2. The number of ether oxygens (including phenoxy) is 1. The molecule has 1 aliphatic rings. The highest BCUT2D eigenvalue weighted by atomic mass is 35.5. The van der Waals surface area contributed by atoms with E-state index in [0.29, 0.717) is 41.0 Å². The lowest BCUT2D eigenvalue weighted by Gasteiger charge is -2.38. The highest BCUT2D eigenvalue weighted by Gasteiger charge is 2.35. The number of amides is 2. The topological polar surface area (TPSA) is 49.9 Å². The van der Waals surface area contributed by atoms with E-state index in [9.17, 15) is 9.59 Å². The number of carbonyl (C=O) groups excluding carboxylic acids is 2. The van der Waals surface area contributed by atoms with Crippen molar-refractivity contribution < 1.29 is 14.3 Å². The minimum absolute atomic E-state index is 0.00161. The smallest absolute Gasteiger partial charge is 0.264 e. The molecule has 0 N–H and O–H groups in total. The van der Waals surface area contributed by atoms with Crippen LogP contribution in [0, 0.1) is 0 Å². The maximum Gasteiger partial charge on any atom is 0.264 e. The summed E-state index contributed by atoms with van der Waals surface area (Å²) in [5.74, 6) is -0.242. The minimum atomic E-state index is -0.310. The fraction of sp³-hybridized carbons (Fsp3) is 0.333. The van der Waals surface area contributed by atoms with E-state index < -0.39 is 0 Å². The Hall–Kier alpha value is -1.90. The second-order valence-electron chi connectivity index (χ2n) is 7.75. The third-order valence-electron chi connectivity index (χ3n) is 5.67. The minimum Gasteiger partial charge on any atom is -0.385 e. The van der Waals surface area contributed by atoms with Crippen molar-refractivity contribution in [3.05, 3.63) is 78.1 Å². The van der Waals surface area contributed by atoms with Crippen LogP contribution in [0.3, 0.4) is 0 Å². The summed E-state index contributed by atoms with van der Waals surface area (Å²) in [5, 5.41) is 4.99. The zero-order chi connectivity index (χ0) is 23.4. The van der Waals surface area contributed by atoms with Crippen molar-refractivity contribution in [1.82, 2.24) is 9.80 Å². The van der Waals surface area contributed by atoms with Gasteiger partial charge in [0.15, 0.2) is 0 Å². The molecule has 0 bridgehead atoms. The number of fused-ring (bicyclic) bond motifs is 1. The molecule has 9 heteroatoms. The second-order valence-corrected chi connectivity index (χ2v) is 10.5. The van der Waals surface area contributed by atoms with Gasteiger partial charge in [0.25, 0.3) is 5.91 Å². The predicted octanol–water partition coefficient (Wildman–Crippen LogP) is 5.77. The Morgan fingerprint density at radius 1 is 1.15 bits per heavy atom. The molecule has 3 aromatic rings. The molecule has 0 fully saturated rings. The van der Waals surface area contributed by atoms with Crippen LogP contribution in [-0.2, 0) is 16.0 Å². The van der Waals surface area contributed by atoms with Crippen molar-refractivity contribution in [3.8, 4) is 0 Å². The fourth-order valence-corrected chi connectivity index (χ4v) is 6.21. The monoisotopic (exact) mass is 522 g/mol. The number of hydrogen-bond donors (Lipinski definition) is 0. The standard InChI is InChI=1S/C24H24Cl2N2O3S2/c1-31-11-3-9-27(24(30)21-4-2-12-32-21)15-22(29)28-10-7-20-18(8-13-33-20)23(28)17-6-5-16(25)14-19(17)26/h2,4-6,8,12-14,23H,3,7,9-11,15H2,1H3. The van der Waals surface area contributed by atoms with Gasteiger partial charge < -0.3 is 14.5 Å². The molecule has 3 heterocycles. The van der Waals surface area contributed by atoms with Gasteiger partial charge in [-0.05, 0) is 59.0 Å². The Morgan fingerprint density at radius 2 is 2.00 bits per heavy atom. The van der Waals surface area contributed by atoms with Crippen LogP contribution in [0.25, 0.3) is 0 Å². The molecule has 0 spiro atoms. The Kier molecular flexibility index (Phi) is 8.09. The normalized spacial score (nSPS) is 15.4. The highest BCUT2D eigenvalue weighted by Crippen LogP contribution is 2.41. The molecule has 1 atom stereocenters. The summed E-state index contributed by atoms with van der Waals surface area (Å²) in [5.41, 5.74) is 1.92. The van der Waals surface area contributed by atoms with Crippen molar-refractivity contribution in [2.24, 2.45) is 0 Å². The van der Waals surface area contributed by atoms with Crippen LogP contribution >= 0.6 is 45.9 Å². The van der Waals surface area contributed by atoms with Gasteiger partial charge in [-0.2, -0.15) is 0 Å². The molecule has 0 radical (unpaired) electrons. The van der Waals surface area contributed by atoms with Gasteiger partial charge in [-0.1, -0.05) is 35.3 Å². The Labute approximate surface area is 211 Å². The number of rotatable bonds is 8. The van der Waals surface area contributed by atoms with E-state index in [-0.39, 0.29) is 24.4 Å². The zero-order valence-corrected chi connectivity index (χ0v) is 21.3. The molecule has 174 valence electrons. The quantitative estimate of drug-likeness (QED) is 0.353. The summed E-state index contributed by atoms with van der Waals surface area (Å²) in [6, 6.07) is 10.8. The summed E-state index contributed by atoms with van der Waals surface area (Å²) in [7, 11) is 1.63. The van der Waals surface area contributed by atoms with Crippen molar-refractivity contribution in [3.63, 3.8) is 0 Å². The molecule has 2 amide bonds. The van der Waals surface area contributed by atoms with E-state index in [2.05, 4.69) is 6.07 Å². The van der Waals surface area contributed by atoms with Crippen LogP contribution in [0.4, 0.5) is 0 Å². The first-order chi connectivity index (χ1) is 16.0. The van der Waals surface area contributed by atoms with Gasteiger partial charge in [-0.25, -0.2) is 0 Å². The molecule has 2 aromatic heterocycles. The van der Waals surface area contributed by atoms with E-state index in [1.807, 2.05) is 27.8 Å². The summed E-state index contributed by atoms with van der Waals surface area (Å²) in [4.78, 5) is 32.1. The maximum atomic E-state index is 13.6. The molecule has 1 aromatic carbocycles. The molecule has 5 nitrogen and oxygen atoms in total. The lowest BCUT2D eigenvalue weighted by Crippen LogP contribution is -2.47. The maximum absolute atomic E-state index is 13.6. The van der Waals surface area contributed by atoms with Gasteiger partial charge in [-0.3, -0.25) is 9.59 Å². The lowest BCUT2D eigenvalue weighted by molar-refractivity contribution is -0.134. The van der Waals surface area contributed by atoms with E-state index in [0.717, 1.165) is 17.5 Å². The Balaban J connectivity index is 1.62. The zero-order valence-electron chi connectivity index (χ0n) is 18.1. The first-order valence-electron chi connectivity index (χ1n) is 10.6. The highest BCUT2D eigenvalue weighted by molar-refractivity contribution is 7.12. The van der Waals surface area contributed by atoms with Crippen LogP contribution < -0.4 is 0 Å². The van der Waals surface area contributed by atoms with Gasteiger partial charge in [0, 0.05) is 41.7 Å². The van der Waals surface area contributed by atoms with Crippen LogP contribution in [0.2, 0.25) is 10.0 Å². The van der Waals surface area contributed by atoms with Crippen LogP contribution in [-0.4, -0.2) is 55.0 Å². The molecule has 0 aliphatic carbocycles.